The van der Waals surface area contributed by atoms with Gasteiger partial charge in [-0.1, -0.05) is 0 Å². The fourth-order valence-electron chi connectivity index (χ4n) is 0.782. The van der Waals surface area contributed by atoms with Crippen LogP contribution in [-0.4, -0.2) is 12.8 Å². The van der Waals surface area contributed by atoms with E-state index in [1.165, 1.54) is 0 Å². The number of rotatable bonds is 0. The molecule has 1 aliphatic rings. The lowest BCUT2D eigenvalue weighted by Crippen LogP contribution is -2.24. The number of hydrogen-bond donors (Lipinski definition) is 0. The zero-order chi connectivity index (χ0) is 7.61. The van der Waals surface area contributed by atoms with E-state index in [1.54, 1.807) is 0 Å². The Bertz CT molecular complexity index is 138. The third-order valence-corrected chi connectivity index (χ3v) is 1.37. The molecule has 0 amide bonds. The zero-order valence-corrected chi connectivity index (χ0v) is 5.19. The van der Waals surface area contributed by atoms with Crippen molar-refractivity contribution in [2.24, 2.45) is 5.92 Å². The highest BCUT2D eigenvalue weighted by molar-refractivity contribution is 4.90. The summed E-state index contributed by atoms with van der Waals surface area (Å²) in [5.74, 6) is -1.30. The van der Waals surface area contributed by atoms with Crippen LogP contribution < -0.4 is 0 Å². The van der Waals surface area contributed by atoms with Gasteiger partial charge in [0.15, 0.2) is 0 Å². The second-order valence-corrected chi connectivity index (χ2v) is 2.14. The molecule has 0 fully saturated rings. The van der Waals surface area contributed by atoms with E-state index < -0.39 is 12.1 Å². The second-order valence-electron chi connectivity index (χ2n) is 2.14. The molecule has 1 aliphatic heterocycles. The highest BCUT2D eigenvalue weighted by atomic mass is 19.4. The van der Waals surface area contributed by atoms with Crippen LogP contribution >= 0.6 is 0 Å². The summed E-state index contributed by atoms with van der Waals surface area (Å²) in [6, 6.07) is 0. The largest absolute Gasteiger partial charge is 0.501 e. The fourth-order valence-corrected chi connectivity index (χ4v) is 0.782. The van der Waals surface area contributed by atoms with E-state index in [0.717, 1.165) is 12.3 Å². The highest BCUT2D eigenvalue weighted by Crippen LogP contribution is 2.31. The molecule has 0 aromatic rings. The highest BCUT2D eigenvalue weighted by Gasteiger charge is 2.38. The maximum absolute atomic E-state index is 11.8. The van der Waals surface area contributed by atoms with Gasteiger partial charge in [-0.05, 0) is 12.5 Å². The third kappa shape index (κ3) is 1.65. The molecule has 0 aromatic carbocycles. The molecular formula is C6H7F3O. The Kier molecular flexibility index (Phi) is 1.87. The van der Waals surface area contributed by atoms with Gasteiger partial charge in [0.05, 0.1) is 18.8 Å². The summed E-state index contributed by atoms with van der Waals surface area (Å²) < 4.78 is 40.1. The van der Waals surface area contributed by atoms with Crippen molar-refractivity contribution in [3.8, 4) is 0 Å². The van der Waals surface area contributed by atoms with Crippen molar-refractivity contribution >= 4 is 0 Å². The van der Waals surface area contributed by atoms with Crippen molar-refractivity contribution in [1.29, 1.82) is 0 Å². The van der Waals surface area contributed by atoms with E-state index in [-0.39, 0.29) is 13.0 Å². The lowest BCUT2D eigenvalue weighted by atomic mass is 10.1. The summed E-state index contributed by atoms with van der Waals surface area (Å²) in [6.45, 7) is 0.167. The number of allylic oxidation sites excluding steroid dienone is 1. The molecule has 0 spiro atoms. The second kappa shape index (κ2) is 2.52. The lowest BCUT2D eigenvalue weighted by Gasteiger charge is -2.19. The monoisotopic (exact) mass is 152 g/mol. The van der Waals surface area contributed by atoms with Gasteiger partial charge in [-0.25, -0.2) is 0 Å². The van der Waals surface area contributed by atoms with Crippen LogP contribution in [0.15, 0.2) is 12.3 Å². The van der Waals surface area contributed by atoms with E-state index >= 15 is 0 Å². The van der Waals surface area contributed by atoms with Gasteiger partial charge < -0.3 is 4.74 Å². The smallest absolute Gasteiger partial charge is 0.395 e. The Labute approximate surface area is 56.5 Å². The minimum atomic E-state index is -4.10. The molecule has 0 saturated heterocycles. The number of hydrogen-bond acceptors (Lipinski definition) is 1. The molecule has 1 unspecified atom stereocenters. The predicted molar refractivity (Wildman–Crippen MR) is 29.3 cm³/mol. The number of alkyl halides is 3. The summed E-state index contributed by atoms with van der Waals surface area (Å²) in [5.41, 5.74) is 0. The molecule has 0 radical (unpaired) electrons. The first-order valence-electron chi connectivity index (χ1n) is 2.95. The molecule has 0 N–H and O–H groups in total. The van der Waals surface area contributed by atoms with Crippen LogP contribution in [0.25, 0.3) is 0 Å². The van der Waals surface area contributed by atoms with Crippen molar-refractivity contribution in [2.45, 2.75) is 12.6 Å². The maximum Gasteiger partial charge on any atom is 0.395 e. The van der Waals surface area contributed by atoms with Gasteiger partial charge in [0, 0.05) is 0 Å². The van der Waals surface area contributed by atoms with Gasteiger partial charge in [-0.15, -0.1) is 0 Å². The van der Waals surface area contributed by atoms with Crippen LogP contribution in [0, 0.1) is 5.92 Å². The van der Waals surface area contributed by atoms with Crippen molar-refractivity contribution < 1.29 is 17.9 Å². The molecule has 10 heavy (non-hydrogen) atoms. The number of halogens is 3. The molecule has 1 heterocycles. The molecule has 0 saturated carbocycles. The standard InChI is InChI=1S/C6H7F3O/c7-6(8,9)5-1-3-10-4-2-5/h1,3,5H,2,4H2. The van der Waals surface area contributed by atoms with Gasteiger partial charge in [0.1, 0.15) is 0 Å². The zero-order valence-electron chi connectivity index (χ0n) is 5.19. The molecule has 0 aromatic heterocycles. The average molecular weight is 152 g/mol. The summed E-state index contributed by atoms with van der Waals surface area (Å²) in [5, 5.41) is 0. The van der Waals surface area contributed by atoms with E-state index in [1.807, 2.05) is 0 Å². The molecule has 1 atom stereocenters. The van der Waals surface area contributed by atoms with Gasteiger partial charge in [0.2, 0.25) is 0 Å². The average Bonchev–Trinajstić information content (AvgIpc) is 1.88. The quantitative estimate of drug-likeness (QED) is 0.516. The Hall–Kier alpha value is -0.670. The van der Waals surface area contributed by atoms with Crippen molar-refractivity contribution in [1.82, 2.24) is 0 Å². The number of ether oxygens (including phenoxy) is 1. The summed E-state index contributed by atoms with van der Waals surface area (Å²) in [6.07, 6.45) is -1.90. The van der Waals surface area contributed by atoms with Crippen LogP contribution in [0.4, 0.5) is 13.2 Å². The molecule has 1 rings (SSSR count). The van der Waals surface area contributed by atoms with E-state index in [0.29, 0.717) is 0 Å². The lowest BCUT2D eigenvalue weighted by molar-refractivity contribution is -0.167. The fraction of sp³-hybridized carbons (Fsp3) is 0.667. The van der Waals surface area contributed by atoms with Gasteiger partial charge in [0.25, 0.3) is 0 Å². The van der Waals surface area contributed by atoms with Gasteiger partial charge in [-0.2, -0.15) is 13.2 Å². The van der Waals surface area contributed by atoms with Gasteiger partial charge in [-0.3, -0.25) is 0 Å². The third-order valence-electron chi connectivity index (χ3n) is 1.37. The Morgan fingerprint density at radius 3 is 2.40 bits per heavy atom. The van der Waals surface area contributed by atoms with E-state index in [4.69, 9.17) is 0 Å². The first-order valence-corrected chi connectivity index (χ1v) is 2.95. The minimum absolute atomic E-state index is 0.0417. The van der Waals surface area contributed by atoms with Crippen molar-refractivity contribution in [3.63, 3.8) is 0 Å². The molecule has 0 bridgehead atoms. The van der Waals surface area contributed by atoms with Crippen molar-refractivity contribution in [2.75, 3.05) is 6.61 Å². The summed E-state index contributed by atoms with van der Waals surface area (Å²) >= 11 is 0. The van der Waals surface area contributed by atoms with Crippen LogP contribution in [0.2, 0.25) is 0 Å². The van der Waals surface area contributed by atoms with E-state index in [9.17, 15) is 13.2 Å². The Morgan fingerprint density at radius 1 is 1.40 bits per heavy atom. The van der Waals surface area contributed by atoms with Crippen LogP contribution in [0.3, 0.4) is 0 Å². The van der Waals surface area contributed by atoms with Crippen LogP contribution in [-0.2, 0) is 4.74 Å². The van der Waals surface area contributed by atoms with Crippen LogP contribution in [0.1, 0.15) is 6.42 Å². The normalized spacial score (nSPS) is 26.1. The maximum atomic E-state index is 11.8. The van der Waals surface area contributed by atoms with Crippen molar-refractivity contribution in [3.05, 3.63) is 12.3 Å². The van der Waals surface area contributed by atoms with Crippen LogP contribution in [0.5, 0.6) is 0 Å². The van der Waals surface area contributed by atoms with E-state index in [2.05, 4.69) is 4.74 Å². The molecule has 1 nitrogen and oxygen atoms in total. The molecule has 58 valence electrons. The minimum Gasteiger partial charge on any atom is -0.501 e. The molecular weight excluding hydrogens is 145 g/mol. The topological polar surface area (TPSA) is 9.23 Å². The first-order chi connectivity index (χ1) is 4.61. The predicted octanol–water partition coefficient (Wildman–Crippen LogP) is 2.10. The Balaban J connectivity index is 2.55. The summed E-state index contributed by atoms with van der Waals surface area (Å²) in [7, 11) is 0. The first kappa shape index (κ1) is 7.44. The molecule has 0 aliphatic carbocycles. The van der Waals surface area contributed by atoms with Gasteiger partial charge >= 0.3 is 6.18 Å². The SMILES string of the molecule is FC(F)(F)C1C=COCC1. The molecule has 4 heteroatoms. The Morgan fingerprint density at radius 2 is 2.10 bits per heavy atom. The summed E-state index contributed by atoms with van der Waals surface area (Å²) in [4.78, 5) is 0.